The van der Waals surface area contributed by atoms with Crippen LogP contribution < -0.4 is 4.90 Å². The smallest absolute Gasteiger partial charge is 0.255 e. The molecule has 2 aromatic rings. The lowest BCUT2D eigenvalue weighted by Crippen LogP contribution is -2.40. The molecule has 1 aromatic heterocycles. The van der Waals surface area contributed by atoms with Gasteiger partial charge in [0.25, 0.3) is 5.91 Å². The van der Waals surface area contributed by atoms with Crippen molar-refractivity contribution in [3.05, 3.63) is 57.5 Å². The summed E-state index contributed by atoms with van der Waals surface area (Å²) in [6.07, 6.45) is 1.51. The Balaban J connectivity index is 1.73. The minimum atomic E-state index is -0.469. The van der Waals surface area contributed by atoms with Gasteiger partial charge >= 0.3 is 0 Å². The van der Waals surface area contributed by atoms with Crippen LogP contribution in [0.2, 0.25) is 10.0 Å². The van der Waals surface area contributed by atoms with Gasteiger partial charge in [-0.05, 0) is 23.8 Å². The van der Waals surface area contributed by atoms with E-state index in [1.807, 2.05) is 0 Å². The fraction of sp³-hybridized carbons (Fsp3) is 0.333. The van der Waals surface area contributed by atoms with Gasteiger partial charge in [-0.25, -0.2) is 9.37 Å². The van der Waals surface area contributed by atoms with E-state index < -0.39 is 5.82 Å². The van der Waals surface area contributed by atoms with E-state index in [4.69, 9.17) is 27.9 Å². The molecule has 1 saturated heterocycles. The Bertz CT molecular complexity index is 813. The van der Waals surface area contributed by atoms with E-state index in [-0.39, 0.29) is 10.9 Å². The standard InChI is InChI=1S/C18H18Cl2FN3O2/c1-23(11-12-2-3-14(19)16(21)8-12)17-15(20)9-13(10-22-17)18(25)24-4-6-26-7-5-24/h2-3,8-10H,4-7,11H2,1H3. The van der Waals surface area contributed by atoms with Crippen LogP contribution in [-0.4, -0.2) is 49.1 Å². The molecule has 0 atom stereocenters. The van der Waals surface area contributed by atoms with Crippen LogP contribution in [0.15, 0.2) is 30.5 Å². The van der Waals surface area contributed by atoms with Gasteiger partial charge in [0.05, 0.1) is 28.8 Å². The molecule has 0 saturated carbocycles. The van der Waals surface area contributed by atoms with E-state index in [2.05, 4.69) is 4.98 Å². The first kappa shape index (κ1) is 18.9. The van der Waals surface area contributed by atoms with Crippen LogP contribution in [0.25, 0.3) is 0 Å². The summed E-state index contributed by atoms with van der Waals surface area (Å²) >= 11 is 12.0. The second-order valence-electron chi connectivity index (χ2n) is 6.04. The Morgan fingerprint density at radius 1 is 1.27 bits per heavy atom. The molecule has 0 unspecified atom stereocenters. The zero-order valence-electron chi connectivity index (χ0n) is 14.2. The van der Waals surface area contributed by atoms with Gasteiger partial charge in [0.2, 0.25) is 0 Å². The molecule has 1 aliphatic rings. The SMILES string of the molecule is CN(Cc1ccc(Cl)c(F)c1)c1ncc(C(=O)N2CCOCC2)cc1Cl. The predicted octanol–water partition coefficient (Wildman–Crippen LogP) is 3.64. The lowest BCUT2D eigenvalue weighted by atomic mass is 10.2. The molecule has 8 heteroatoms. The molecule has 1 amide bonds. The number of ether oxygens (including phenoxy) is 1. The maximum atomic E-state index is 13.6. The predicted molar refractivity (Wildman–Crippen MR) is 99.5 cm³/mol. The van der Waals surface area contributed by atoms with Crippen molar-refractivity contribution >= 4 is 34.9 Å². The van der Waals surface area contributed by atoms with Gasteiger partial charge in [-0.2, -0.15) is 0 Å². The van der Waals surface area contributed by atoms with Gasteiger partial charge in [0, 0.05) is 32.9 Å². The first-order valence-corrected chi connectivity index (χ1v) is 8.89. The normalized spacial score (nSPS) is 14.4. The lowest BCUT2D eigenvalue weighted by Gasteiger charge is -2.27. The Morgan fingerprint density at radius 3 is 2.65 bits per heavy atom. The summed E-state index contributed by atoms with van der Waals surface area (Å²) in [5.74, 6) is -0.0692. The molecular formula is C18H18Cl2FN3O2. The summed E-state index contributed by atoms with van der Waals surface area (Å²) in [6.45, 7) is 2.58. The highest BCUT2D eigenvalue weighted by molar-refractivity contribution is 6.33. The molecule has 1 fully saturated rings. The van der Waals surface area contributed by atoms with Crippen LogP contribution >= 0.6 is 23.2 Å². The number of rotatable bonds is 4. The highest BCUT2D eigenvalue weighted by atomic mass is 35.5. The fourth-order valence-corrected chi connectivity index (χ4v) is 3.19. The molecule has 0 aliphatic carbocycles. The molecule has 0 radical (unpaired) electrons. The summed E-state index contributed by atoms with van der Waals surface area (Å²) in [5, 5.41) is 0.444. The number of amides is 1. The number of hydrogen-bond acceptors (Lipinski definition) is 4. The molecule has 1 aliphatic heterocycles. The maximum Gasteiger partial charge on any atom is 0.255 e. The number of nitrogens with zero attached hydrogens (tertiary/aromatic N) is 3. The number of anilines is 1. The number of hydrogen-bond donors (Lipinski definition) is 0. The molecule has 1 aromatic carbocycles. The Hall–Kier alpha value is -1.89. The molecule has 0 bridgehead atoms. The summed E-state index contributed by atoms with van der Waals surface area (Å²) in [5.41, 5.74) is 1.17. The van der Waals surface area contributed by atoms with Crippen LogP contribution in [0.1, 0.15) is 15.9 Å². The van der Waals surface area contributed by atoms with Crippen molar-refractivity contribution in [3.8, 4) is 0 Å². The molecule has 0 N–H and O–H groups in total. The van der Waals surface area contributed by atoms with Gasteiger partial charge in [-0.15, -0.1) is 0 Å². The summed E-state index contributed by atoms with van der Waals surface area (Å²) < 4.78 is 18.8. The number of carbonyl (C=O) groups is 1. The topological polar surface area (TPSA) is 45.7 Å². The van der Waals surface area contributed by atoms with E-state index >= 15 is 0 Å². The van der Waals surface area contributed by atoms with Crippen molar-refractivity contribution in [1.82, 2.24) is 9.88 Å². The lowest BCUT2D eigenvalue weighted by molar-refractivity contribution is 0.0302. The van der Waals surface area contributed by atoms with E-state index in [9.17, 15) is 9.18 Å². The number of carbonyl (C=O) groups excluding carboxylic acids is 1. The number of pyridine rings is 1. The zero-order chi connectivity index (χ0) is 18.7. The molecule has 3 rings (SSSR count). The molecule has 26 heavy (non-hydrogen) atoms. The van der Waals surface area contributed by atoms with Gasteiger partial charge in [0.1, 0.15) is 11.6 Å². The summed E-state index contributed by atoms with van der Waals surface area (Å²) in [4.78, 5) is 20.3. The summed E-state index contributed by atoms with van der Waals surface area (Å²) in [7, 11) is 1.80. The van der Waals surface area contributed by atoms with Crippen LogP contribution in [0.4, 0.5) is 10.2 Å². The quantitative estimate of drug-likeness (QED) is 0.789. The molecule has 5 nitrogen and oxygen atoms in total. The number of aromatic nitrogens is 1. The largest absolute Gasteiger partial charge is 0.378 e. The highest BCUT2D eigenvalue weighted by Gasteiger charge is 2.20. The molecule has 0 spiro atoms. The average molecular weight is 398 g/mol. The number of benzene rings is 1. The van der Waals surface area contributed by atoms with Crippen molar-refractivity contribution < 1.29 is 13.9 Å². The second kappa shape index (κ2) is 8.20. The number of halogens is 3. The van der Waals surface area contributed by atoms with E-state index in [0.717, 1.165) is 5.56 Å². The van der Waals surface area contributed by atoms with Gasteiger partial charge in [0.15, 0.2) is 0 Å². The number of morpholine rings is 1. The van der Waals surface area contributed by atoms with Crippen molar-refractivity contribution in [2.45, 2.75) is 6.54 Å². The highest BCUT2D eigenvalue weighted by Crippen LogP contribution is 2.26. The van der Waals surface area contributed by atoms with E-state index in [0.29, 0.717) is 49.3 Å². The van der Waals surface area contributed by atoms with Crippen LogP contribution in [0, 0.1) is 5.82 Å². The fourth-order valence-electron chi connectivity index (χ4n) is 2.76. The third-order valence-electron chi connectivity index (χ3n) is 4.13. The van der Waals surface area contributed by atoms with Gasteiger partial charge in [-0.1, -0.05) is 29.3 Å². The Morgan fingerprint density at radius 2 is 2.00 bits per heavy atom. The van der Waals surface area contributed by atoms with Crippen LogP contribution in [-0.2, 0) is 11.3 Å². The van der Waals surface area contributed by atoms with E-state index in [1.165, 1.54) is 18.3 Å². The molecule has 138 valence electrons. The monoisotopic (exact) mass is 397 g/mol. The average Bonchev–Trinajstić information content (AvgIpc) is 2.64. The van der Waals surface area contributed by atoms with Crippen molar-refractivity contribution in [2.75, 3.05) is 38.3 Å². The first-order valence-electron chi connectivity index (χ1n) is 8.13. The summed E-state index contributed by atoms with van der Waals surface area (Å²) in [6, 6.07) is 6.25. The first-order chi connectivity index (χ1) is 12.5. The van der Waals surface area contributed by atoms with Gasteiger partial charge in [-0.3, -0.25) is 4.79 Å². The third-order valence-corrected chi connectivity index (χ3v) is 4.72. The Kier molecular flexibility index (Phi) is 5.96. The van der Waals surface area contributed by atoms with Gasteiger partial charge < -0.3 is 14.5 Å². The third kappa shape index (κ3) is 4.26. The van der Waals surface area contributed by atoms with Crippen LogP contribution in [0.5, 0.6) is 0 Å². The van der Waals surface area contributed by atoms with Crippen molar-refractivity contribution in [3.63, 3.8) is 0 Å². The van der Waals surface area contributed by atoms with E-state index in [1.54, 1.807) is 29.0 Å². The van der Waals surface area contributed by atoms with Crippen LogP contribution in [0.3, 0.4) is 0 Å². The molecule has 2 heterocycles. The maximum absolute atomic E-state index is 13.6. The van der Waals surface area contributed by atoms with Crippen molar-refractivity contribution in [2.24, 2.45) is 0 Å². The second-order valence-corrected chi connectivity index (χ2v) is 6.85. The minimum absolute atomic E-state index is 0.0820. The zero-order valence-corrected chi connectivity index (χ0v) is 15.7. The van der Waals surface area contributed by atoms with Crippen molar-refractivity contribution in [1.29, 1.82) is 0 Å². The minimum Gasteiger partial charge on any atom is -0.378 e. The molecular weight excluding hydrogens is 380 g/mol. The Labute approximate surface area is 161 Å².